The van der Waals surface area contributed by atoms with E-state index in [0.717, 1.165) is 23.0 Å². The molecule has 142 valence electrons. The summed E-state index contributed by atoms with van der Waals surface area (Å²) in [7, 11) is 0. The number of aromatic nitrogens is 1. The molecule has 0 spiro atoms. The van der Waals surface area contributed by atoms with Crippen LogP contribution < -0.4 is 11.2 Å². The number of hydrogen-bond donors (Lipinski definition) is 3. The van der Waals surface area contributed by atoms with Crippen molar-refractivity contribution < 1.29 is 10.0 Å². The lowest BCUT2D eigenvalue weighted by Crippen LogP contribution is -2.40. The molecule has 1 heterocycles. The highest BCUT2D eigenvalue weighted by molar-refractivity contribution is 5.86. The Bertz CT molecular complexity index is 936. The van der Waals surface area contributed by atoms with Crippen molar-refractivity contribution in [3.63, 3.8) is 0 Å². The normalized spacial score (nSPS) is 12.9. The minimum Gasteiger partial charge on any atom is -0.343 e. The third-order valence-electron chi connectivity index (χ3n) is 4.93. The lowest BCUT2D eigenvalue weighted by molar-refractivity contribution is -0.130. The second-order valence-corrected chi connectivity index (χ2v) is 8.03. The Kier molecular flexibility index (Phi) is 5.35. The summed E-state index contributed by atoms with van der Waals surface area (Å²) in [4.78, 5) is 11.6. The molecule has 0 bridgehead atoms. The van der Waals surface area contributed by atoms with Gasteiger partial charge in [-0.1, -0.05) is 63.2 Å². The molecule has 3 rings (SSSR count). The Hall–Kier alpha value is -2.63. The first kappa shape index (κ1) is 19.1. The highest BCUT2D eigenvalue weighted by Crippen LogP contribution is 2.25. The highest BCUT2D eigenvalue weighted by Gasteiger charge is 2.17. The third kappa shape index (κ3) is 4.21. The van der Waals surface area contributed by atoms with Crippen LogP contribution in [0.2, 0.25) is 0 Å². The van der Waals surface area contributed by atoms with Crippen molar-refractivity contribution >= 4 is 16.8 Å². The zero-order chi connectivity index (χ0) is 19.6. The number of fused-ring (bicyclic) bond motifs is 1. The predicted octanol–water partition coefficient (Wildman–Crippen LogP) is 3.36. The summed E-state index contributed by atoms with van der Waals surface area (Å²) < 4.78 is 2.18. The van der Waals surface area contributed by atoms with E-state index in [2.05, 4.69) is 55.7 Å². The Morgan fingerprint density at radius 3 is 2.44 bits per heavy atom. The number of nitrogens with two attached hydrogens (primary N) is 1. The van der Waals surface area contributed by atoms with Crippen LogP contribution in [0.5, 0.6) is 0 Å². The van der Waals surface area contributed by atoms with Crippen LogP contribution in [-0.4, -0.2) is 21.7 Å². The fourth-order valence-electron chi connectivity index (χ4n) is 3.34. The number of nitrogens with zero attached hydrogens (tertiary/aromatic N) is 1. The first-order valence-corrected chi connectivity index (χ1v) is 9.15. The molecule has 5 heteroatoms. The van der Waals surface area contributed by atoms with Gasteiger partial charge in [0, 0.05) is 23.6 Å². The molecule has 1 unspecified atom stereocenters. The van der Waals surface area contributed by atoms with Crippen LogP contribution in [0.3, 0.4) is 0 Å². The number of hydrogen-bond acceptors (Lipinski definition) is 3. The predicted molar refractivity (Wildman–Crippen MR) is 108 cm³/mol. The van der Waals surface area contributed by atoms with E-state index in [9.17, 15) is 4.79 Å². The van der Waals surface area contributed by atoms with Gasteiger partial charge in [-0.15, -0.1) is 0 Å². The van der Waals surface area contributed by atoms with Crippen LogP contribution in [0.25, 0.3) is 10.9 Å². The molecule has 5 nitrogen and oxygen atoms in total. The molecule has 0 aliphatic rings. The van der Waals surface area contributed by atoms with Gasteiger partial charge in [-0.25, -0.2) is 5.48 Å². The molecule has 1 amide bonds. The fourth-order valence-corrected chi connectivity index (χ4v) is 3.34. The van der Waals surface area contributed by atoms with Gasteiger partial charge in [0.25, 0.3) is 5.91 Å². The summed E-state index contributed by atoms with van der Waals surface area (Å²) in [5.41, 5.74) is 12.3. The molecule has 0 saturated heterocycles. The zero-order valence-corrected chi connectivity index (χ0v) is 16.1. The minimum absolute atomic E-state index is 0.134. The van der Waals surface area contributed by atoms with E-state index in [1.165, 1.54) is 11.1 Å². The summed E-state index contributed by atoms with van der Waals surface area (Å²) in [6.07, 6.45) is 2.41. The van der Waals surface area contributed by atoms with Gasteiger partial charge >= 0.3 is 0 Å². The molecule has 0 saturated carbocycles. The number of hydroxylamine groups is 1. The maximum atomic E-state index is 11.6. The SMILES string of the molecule is CC(C)(C)c1ccc(Cn2cc(CC(N)C(=O)NO)c3ccccc32)cc1. The molecular weight excluding hydrogens is 338 g/mol. The van der Waals surface area contributed by atoms with Crippen molar-refractivity contribution in [3.8, 4) is 0 Å². The van der Waals surface area contributed by atoms with Gasteiger partial charge in [0.1, 0.15) is 0 Å². The molecule has 0 aliphatic heterocycles. The Labute approximate surface area is 159 Å². The van der Waals surface area contributed by atoms with E-state index < -0.39 is 11.9 Å². The molecule has 3 aromatic rings. The standard InChI is InChI=1S/C22H27N3O2/c1-22(2,3)17-10-8-15(9-11-17)13-25-14-16(12-19(23)21(26)24-27)18-6-4-5-7-20(18)25/h4-11,14,19,27H,12-13,23H2,1-3H3,(H,24,26). The second kappa shape index (κ2) is 7.55. The summed E-state index contributed by atoms with van der Waals surface area (Å²) in [5, 5.41) is 9.87. The Morgan fingerprint density at radius 2 is 1.81 bits per heavy atom. The van der Waals surface area contributed by atoms with Gasteiger partial charge in [-0.3, -0.25) is 10.0 Å². The molecule has 1 aromatic heterocycles. The maximum Gasteiger partial charge on any atom is 0.260 e. The molecule has 2 aromatic carbocycles. The first-order chi connectivity index (χ1) is 12.8. The lowest BCUT2D eigenvalue weighted by atomic mass is 9.87. The number of carbonyl (C=O) groups excluding carboxylic acids is 1. The average molecular weight is 365 g/mol. The van der Waals surface area contributed by atoms with Gasteiger partial charge in [0.05, 0.1) is 6.04 Å². The van der Waals surface area contributed by atoms with Crippen molar-refractivity contribution in [1.82, 2.24) is 10.0 Å². The van der Waals surface area contributed by atoms with E-state index >= 15 is 0 Å². The molecule has 27 heavy (non-hydrogen) atoms. The van der Waals surface area contributed by atoms with Gasteiger partial charge in [-0.2, -0.15) is 0 Å². The lowest BCUT2D eigenvalue weighted by Gasteiger charge is -2.19. The summed E-state index contributed by atoms with van der Waals surface area (Å²) in [5.74, 6) is -0.579. The fraction of sp³-hybridized carbons (Fsp3) is 0.318. The number of nitrogens with one attached hydrogen (secondary N) is 1. The van der Waals surface area contributed by atoms with Crippen LogP contribution in [0.4, 0.5) is 0 Å². The zero-order valence-electron chi connectivity index (χ0n) is 16.1. The van der Waals surface area contributed by atoms with Gasteiger partial charge in [0.15, 0.2) is 0 Å². The quantitative estimate of drug-likeness (QED) is 0.479. The summed E-state index contributed by atoms with van der Waals surface area (Å²) in [6, 6.07) is 16.0. The van der Waals surface area contributed by atoms with Gasteiger partial charge in [0.2, 0.25) is 0 Å². The van der Waals surface area contributed by atoms with Gasteiger partial charge in [-0.05, 0) is 34.6 Å². The third-order valence-corrected chi connectivity index (χ3v) is 4.93. The second-order valence-electron chi connectivity index (χ2n) is 8.03. The Balaban J connectivity index is 1.90. The molecular formula is C22H27N3O2. The van der Waals surface area contributed by atoms with E-state index in [1.54, 1.807) is 5.48 Å². The van der Waals surface area contributed by atoms with Crippen molar-refractivity contribution in [3.05, 3.63) is 71.4 Å². The van der Waals surface area contributed by atoms with Crippen LogP contribution in [0, 0.1) is 0 Å². The van der Waals surface area contributed by atoms with Crippen LogP contribution in [-0.2, 0) is 23.2 Å². The van der Waals surface area contributed by atoms with E-state index in [-0.39, 0.29) is 5.41 Å². The van der Waals surface area contributed by atoms with Crippen molar-refractivity contribution in [2.75, 3.05) is 0 Å². The van der Waals surface area contributed by atoms with Crippen LogP contribution >= 0.6 is 0 Å². The van der Waals surface area contributed by atoms with Crippen molar-refractivity contribution in [2.24, 2.45) is 5.73 Å². The summed E-state index contributed by atoms with van der Waals surface area (Å²) in [6.45, 7) is 7.37. The average Bonchev–Trinajstić information content (AvgIpc) is 2.98. The van der Waals surface area contributed by atoms with E-state index in [0.29, 0.717) is 6.42 Å². The smallest absolute Gasteiger partial charge is 0.260 e. The topological polar surface area (TPSA) is 80.3 Å². The van der Waals surface area contributed by atoms with Crippen LogP contribution in [0.1, 0.15) is 37.5 Å². The van der Waals surface area contributed by atoms with Crippen molar-refractivity contribution in [1.29, 1.82) is 0 Å². The van der Waals surface area contributed by atoms with Gasteiger partial charge < -0.3 is 10.3 Å². The number of benzene rings is 2. The molecule has 1 atom stereocenters. The Morgan fingerprint density at radius 1 is 1.15 bits per heavy atom. The first-order valence-electron chi connectivity index (χ1n) is 9.15. The molecule has 0 aliphatic carbocycles. The molecule has 0 radical (unpaired) electrons. The summed E-state index contributed by atoms with van der Waals surface area (Å²) >= 11 is 0. The maximum absolute atomic E-state index is 11.6. The van der Waals surface area contributed by atoms with Crippen molar-refractivity contribution in [2.45, 2.75) is 45.2 Å². The van der Waals surface area contributed by atoms with E-state index in [1.807, 2.05) is 24.4 Å². The monoisotopic (exact) mass is 365 g/mol. The minimum atomic E-state index is -0.791. The number of carbonyl (C=O) groups is 1. The molecule has 0 fully saturated rings. The number of rotatable bonds is 5. The molecule has 4 N–H and O–H groups in total. The highest BCUT2D eigenvalue weighted by atomic mass is 16.5. The largest absolute Gasteiger partial charge is 0.343 e. The van der Waals surface area contributed by atoms with Crippen LogP contribution in [0.15, 0.2) is 54.7 Å². The number of amides is 1. The number of para-hydroxylation sites is 1. The van der Waals surface area contributed by atoms with E-state index in [4.69, 9.17) is 10.9 Å².